The van der Waals surface area contributed by atoms with E-state index in [1.807, 2.05) is 24.3 Å². The van der Waals surface area contributed by atoms with Gasteiger partial charge in [0.15, 0.2) is 0 Å². The number of nitrogens with zero attached hydrogens (tertiary/aromatic N) is 1. The van der Waals surface area contributed by atoms with Gasteiger partial charge in [-0.05, 0) is 55.0 Å². The first-order valence-corrected chi connectivity index (χ1v) is 11.1. The van der Waals surface area contributed by atoms with Crippen LogP contribution in [0.4, 0.5) is 5.69 Å². The molecule has 9 heteroatoms. The molecule has 0 saturated carbocycles. The molecule has 0 atom stereocenters. The van der Waals surface area contributed by atoms with Crippen LogP contribution in [-0.2, 0) is 14.3 Å². The Morgan fingerprint density at radius 1 is 1.19 bits per heavy atom. The molecule has 0 aromatic heterocycles. The summed E-state index contributed by atoms with van der Waals surface area (Å²) in [4.78, 5) is 38.7. The first-order valence-electron chi connectivity index (χ1n) is 9.87. The maximum absolute atomic E-state index is 12.7. The largest absolute Gasteiger partial charge is 0.497 e. The molecule has 7 nitrogen and oxygen atoms in total. The summed E-state index contributed by atoms with van der Waals surface area (Å²) in [6, 6.07) is 13.8. The number of ether oxygens (including phenoxy) is 2. The summed E-state index contributed by atoms with van der Waals surface area (Å²) in [6.45, 7) is 2.20. The summed E-state index contributed by atoms with van der Waals surface area (Å²) in [7, 11) is 1.58. The molecule has 0 radical (unpaired) electrons. The fourth-order valence-electron chi connectivity index (χ4n) is 2.92. The second-order valence-corrected chi connectivity index (χ2v) is 8.38. The zero-order chi connectivity index (χ0) is 23.1. The minimum Gasteiger partial charge on any atom is -0.497 e. The second-order valence-electron chi connectivity index (χ2n) is 6.71. The number of carbonyl (C=O) groups is 3. The smallest absolute Gasteiger partial charge is 0.338 e. The number of esters is 1. The van der Waals surface area contributed by atoms with Gasteiger partial charge in [0.25, 0.3) is 5.91 Å². The Morgan fingerprint density at radius 3 is 2.62 bits per heavy atom. The quantitative estimate of drug-likeness (QED) is 0.353. The Balaban J connectivity index is 1.56. The van der Waals surface area contributed by atoms with Crippen molar-refractivity contribution < 1.29 is 23.9 Å². The third-order valence-corrected chi connectivity index (χ3v) is 5.89. The van der Waals surface area contributed by atoms with Crippen LogP contribution >= 0.6 is 24.0 Å². The Hall–Kier alpha value is -3.17. The topological polar surface area (TPSA) is 84.9 Å². The van der Waals surface area contributed by atoms with E-state index in [1.54, 1.807) is 44.4 Å². The number of amides is 2. The van der Waals surface area contributed by atoms with Crippen molar-refractivity contribution in [3.05, 3.63) is 64.6 Å². The summed E-state index contributed by atoms with van der Waals surface area (Å²) in [6.07, 6.45) is 1.84. The lowest BCUT2D eigenvalue weighted by molar-refractivity contribution is -0.122. The molecule has 0 bridgehead atoms. The molecule has 2 aromatic carbocycles. The normalized spacial score (nSPS) is 14.6. The minimum absolute atomic E-state index is 0.0819. The van der Waals surface area contributed by atoms with Crippen molar-refractivity contribution in [3.63, 3.8) is 0 Å². The number of thiocarbonyl (C=S) groups is 1. The average molecular weight is 471 g/mol. The predicted molar refractivity (Wildman–Crippen MR) is 129 cm³/mol. The molecule has 1 aliphatic rings. The molecule has 0 aliphatic carbocycles. The third-order valence-electron chi connectivity index (χ3n) is 4.51. The fourth-order valence-corrected chi connectivity index (χ4v) is 4.22. The summed E-state index contributed by atoms with van der Waals surface area (Å²) >= 11 is 6.53. The minimum atomic E-state index is -0.415. The summed E-state index contributed by atoms with van der Waals surface area (Å²) < 4.78 is 10.6. The van der Waals surface area contributed by atoms with Crippen molar-refractivity contribution in [1.29, 1.82) is 0 Å². The van der Waals surface area contributed by atoms with Crippen LogP contribution in [0.1, 0.15) is 29.3 Å². The molecule has 2 amide bonds. The van der Waals surface area contributed by atoms with E-state index in [2.05, 4.69) is 5.32 Å². The van der Waals surface area contributed by atoms with Crippen LogP contribution in [0, 0.1) is 0 Å². The van der Waals surface area contributed by atoms with Gasteiger partial charge in [-0.3, -0.25) is 14.5 Å². The Labute approximate surface area is 195 Å². The van der Waals surface area contributed by atoms with Gasteiger partial charge in [0.05, 0.1) is 24.2 Å². The fraction of sp³-hybridized carbons (Fsp3) is 0.217. The summed E-state index contributed by atoms with van der Waals surface area (Å²) in [5.41, 5.74) is 1.78. The second kappa shape index (κ2) is 10.9. The SMILES string of the molecule is CCOC(=O)c1ccc(NC(=O)CCN2C(=O)/C(=C\c3cccc(OC)c3)SC2=S)cc1. The number of rotatable bonds is 8. The van der Waals surface area contributed by atoms with E-state index in [0.29, 0.717) is 32.8 Å². The highest BCUT2D eigenvalue weighted by Gasteiger charge is 2.32. The first-order chi connectivity index (χ1) is 15.4. The average Bonchev–Trinajstić information content (AvgIpc) is 3.05. The monoisotopic (exact) mass is 470 g/mol. The highest BCUT2D eigenvalue weighted by atomic mass is 32.2. The van der Waals surface area contributed by atoms with Gasteiger partial charge in [0, 0.05) is 18.7 Å². The van der Waals surface area contributed by atoms with Gasteiger partial charge < -0.3 is 14.8 Å². The zero-order valence-electron chi connectivity index (χ0n) is 17.6. The summed E-state index contributed by atoms with van der Waals surface area (Å²) in [5.74, 6) is -0.211. The van der Waals surface area contributed by atoms with Gasteiger partial charge in [-0.15, -0.1) is 0 Å². The molecule has 166 valence electrons. The standard InChI is InChI=1S/C23H22N2O5S2/c1-3-30-22(28)16-7-9-17(10-8-16)24-20(26)11-12-25-21(27)19(32-23(25)31)14-15-5-4-6-18(13-15)29-2/h4-10,13-14H,3,11-12H2,1-2H3,(H,24,26)/b19-14+. The number of hydrogen-bond acceptors (Lipinski definition) is 7. The molecule has 0 spiro atoms. The predicted octanol–water partition coefficient (Wildman–Crippen LogP) is 4.10. The lowest BCUT2D eigenvalue weighted by Gasteiger charge is -2.14. The van der Waals surface area contributed by atoms with E-state index in [1.165, 1.54) is 16.7 Å². The Kier molecular flexibility index (Phi) is 8.02. The zero-order valence-corrected chi connectivity index (χ0v) is 19.3. The number of nitrogens with one attached hydrogen (secondary N) is 1. The Morgan fingerprint density at radius 2 is 1.94 bits per heavy atom. The number of thioether (sulfide) groups is 1. The van der Waals surface area contributed by atoms with Gasteiger partial charge in [0.1, 0.15) is 10.1 Å². The van der Waals surface area contributed by atoms with E-state index >= 15 is 0 Å². The maximum atomic E-state index is 12.7. The van der Waals surface area contributed by atoms with Gasteiger partial charge in [-0.25, -0.2) is 4.79 Å². The van der Waals surface area contributed by atoms with Gasteiger partial charge in [-0.2, -0.15) is 0 Å². The van der Waals surface area contributed by atoms with Crippen molar-refractivity contribution in [2.75, 3.05) is 25.6 Å². The number of carbonyl (C=O) groups excluding carboxylic acids is 3. The number of benzene rings is 2. The third kappa shape index (κ3) is 5.95. The molecule has 1 fully saturated rings. The molecule has 32 heavy (non-hydrogen) atoms. The van der Waals surface area contributed by atoms with E-state index in [0.717, 1.165) is 5.56 Å². The van der Waals surface area contributed by atoms with Crippen molar-refractivity contribution in [2.24, 2.45) is 0 Å². The number of methoxy groups -OCH3 is 1. The van der Waals surface area contributed by atoms with Gasteiger partial charge >= 0.3 is 5.97 Å². The molecule has 3 rings (SSSR count). The Bertz CT molecular complexity index is 1070. The maximum Gasteiger partial charge on any atom is 0.338 e. The molecular weight excluding hydrogens is 448 g/mol. The molecule has 0 unspecified atom stereocenters. The van der Waals surface area contributed by atoms with Crippen LogP contribution in [0.5, 0.6) is 5.75 Å². The lowest BCUT2D eigenvalue weighted by Crippen LogP contribution is -2.31. The van der Waals surface area contributed by atoms with Crippen LogP contribution in [-0.4, -0.2) is 47.3 Å². The van der Waals surface area contributed by atoms with Crippen molar-refractivity contribution in [3.8, 4) is 5.75 Å². The molecule has 1 saturated heterocycles. The van der Waals surface area contributed by atoms with E-state index in [4.69, 9.17) is 21.7 Å². The van der Waals surface area contributed by atoms with Crippen LogP contribution in [0.3, 0.4) is 0 Å². The molecule has 1 aliphatic heterocycles. The van der Waals surface area contributed by atoms with Crippen molar-refractivity contribution in [1.82, 2.24) is 4.90 Å². The lowest BCUT2D eigenvalue weighted by atomic mass is 10.2. The van der Waals surface area contributed by atoms with E-state index in [9.17, 15) is 14.4 Å². The van der Waals surface area contributed by atoms with Crippen LogP contribution in [0.15, 0.2) is 53.4 Å². The van der Waals surface area contributed by atoms with Crippen molar-refractivity contribution >= 4 is 57.8 Å². The van der Waals surface area contributed by atoms with Crippen LogP contribution in [0.25, 0.3) is 6.08 Å². The molecule has 1 heterocycles. The van der Waals surface area contributed by atoms with Gasteiger partial charge in [-0.1, -0.05) is 36.1 Å². The van der Waals surface area contributed by atoms with E-state index in [-0.39, 0.29) is 24.8 Å². The molecule has 2 aromatic rings. The van der Waals surface area contributed by atoms with Crippen LogP contribution < -0.4 is 10.1 Å². The molecular formula is C23H22N2O5S2. The summed E-state index contributed by atoms with van der Waals surface area (Å²) in [5, 5.41) is 2.75. The van der Waals surface area contributed by atoms with Crippen molar-refractivity contribution in [2.45, 2.75) is 13.3 Å². The van der Waals surface area contributed by atoms with Crippen LogP contribution in [0.2, 0.25) is 0 Å². The first kappa shape index (κ1) is 23.5. The number of hydrogen-bond donors (Lipinski definition) is 1. The van der Waals surface area contributed by atoms with E-state index < -0.39 is 5.97 Å². The highest BCUT2D eigenvalue weighted by Crippen LogP contribution is 2.33. The van der Waals surface area contributed by atoms with Gasteiger partial charge in [0.2, 0.25) is 5.91 Å². The molecule has 1 N–H and O–H groups in total. The number of anilines is 1. The highest BCUT2D eigenvalue weighted by molar-refractivity contribution is 8.26.